The summed E-state index contributed by atoms with van der Waals surface area (Å²) >= 11 is 0. The maximum Gasteiger partial charge on any atom is 0.307 e. The van der Waals surface area contributed by atoms with Crippen molar-refractivity contribution in [2.75, 3.05) is 12.4 Å². The summed E-state index contributed by atoms with van der Waals surface area (Å²) in [6.07, 6.45) is 2.40. The summed E-state index contributed by atoms with van der Waals surface area (Å²) in [5.74, 6) is -2.60. The molecule has 0 aliphatic rings. The zero-order chi connectivity index (χ0) is 24.2. The van der Waals surface area contributed by atoms with Crippen molar-refractivity contribution in [3.63, 3.8) is 0 Å². The summed E-state index contributed by atoms with van der Waals surface area (Å²) < 4.78 is 38.8. The molecule has 0 unspecified atom stereocenters. The van der Waals surface area contributed by atoms with Crippen LogP contribution in [0.2, 0.25) is 0 Å². The molecule has 0 atom stereocenters. The number of aromatic nitrogens is 1. The van der Waals surface area contributed by atoms with Crippen LogP contribution < -0.4 is 10.1 Å². The van der Waals surface area contributed by atoms with E-state index in [9.17, 15) is 18.4 Å². The Bertz CT molecular complexity index is 1430. The summed E-state index contributed by atoms with van der Waals surface area (Å²) in [6, 6.07) is 13.1. The number of aliphatic carboxylic acids is 1. The second-order valence-electron chi connectivity index (χ2n) is 7.30. The first-order valence-electron chi connectivity index (χ1n) is 10.1. The first-order valence-corrected chi connectivity index (χ1v) is 10.1. The van der Waals surface area contributed by atoms with E-state index < -0.39 is 23.5 Å². The number of carboxylic acids is 1. The number of amides is 1. The Morgan fingerprint density at radius 3 is 2.62 bits per heavy atom. The van der Waals surface area contributed by atoms with Gasteiger partial charge in [-0.3, -0.25) is 9.59 Å². The van der Waals surface area contributed by atoms with Gasteiger partial charge in [0.15, 0.2) is 17.1 Å². The lowest BCUT2D eigenvalue weighted by atomic mass is 10.1. The van der Waals surface area contributed by atoms with Crippen LogP contribution in [0.4, 0.5) is 14.5 Å². The summed E-state index contributed by atoms with van der Waals surface area (Å²) in [7, 11) is 1.35. The third kappa shape index (κ3) is 5.09. The maximum atomic E-state index is 14.6. The van der Waals surface area contributed by atoms with Gasteiger partial charge in [-0.25, -0.2) is 13.8 Å². The van der Waals surface area contributed by atoms with Gasteiger partial charge in [0.25, 0.3) is 0 Å². The molecule has 0 aliphatic heterocycles. The molecule has 0 bridgehead atoms. The second-order valence-corrected chi connectivity index (χ2v) is 7.30. The number of carboxylic acid groups (broad SMARTS) is 1. The number of fused-ring (bicyclic) bond motifs is 1. The van der Waals surface area contributed by atoms with Gasteiger partial charge in [-0.05, 0) is 59.7 Å². The average molecular weight is 464 g/mol. The topological polar surface area (TPSA) is 102 Å². The standard InChI is InChI=1S/C25H18F2N2O5/c1-33-21-7-2-14(10-18(21)27)4-9-23(30)28-19-6-5-16(13-17(19)26)25-29-20-11-15(12-24(31)32)3-8-22(20)34-25/h2-11,13H,12H2,1H3,(H,28,30)(H,31,32)/b9-4+. The number of ether oxygens (including phenoxy) is 1. The minimum absolute atomic E-state index is 0.0563. The van der Waals surface area contributed by atoms with Crippen LogP contribution in [-0.4, -0.2) is 29.1 Å². The molecule has 4 aromatic rings. The number of nitrogens with one attached hydrogen (secondary N) is 1. The maximum absolute atomic E-state index is 14.6. The molecule has 0 spiro atoms. The predicted molar refractivity (Wildman–Crippen MR) is 121 cm³/mol. The van der Waals surface area contributed by atoms with Crippen molar-refractivity contribution < 1.29 is 32.6 Å². The fraction of sp³-hybridized carbons (Fsp3) is 0.0800. The Hall–Kier alpha value is -4.53. The number of carbonyl (C=O) groups excluding carboxylic acids is 1. The molecule has 0 saturated carbocycles. The van der Waals surface area contributed by atoms with Crippen LogP contribution in [0.25, 0.3) is 28.6 Å². The van der Waals surface area contributed by atoms with Crippen LogP contribution in [-0.2, 0) is 16.0 Å². The van der Waals surface area contributed by atoms with E-state index in [0.29, 0.717) is 27.8 Å². The van der Waals surface area contributed by atoms with Gasteiger partial charge in [-0.1, -0.05) is 12.1 Å². The molecule has 0 aliphatic carbocycles. The lowest BCUT2D eigenvalue weighted by molar-refractivity contribution is -0.136. The highest BCUT2D eigenvalue weighted by atomic mass is 19.1. The monoisotopic (exact) mass is 464 g/mol. The Kier molecular flexibility index (Phi) is 6.35. The molecule has 1 aromatic heterocycles. The highest BCUT2D eigenvalue weighted by Gasteiger charge is 2.13. The van der Waals surface area contributed by atoms with Gasteiger partial charge < -0.3 is 19.6 Å². The molecule has 9 heteroatoms. The fourth-order valence-corrected chi connectivity index (χ4v) is 3.26. The molecule has 34 heavy (non-hydrogen) atoms. The summed E-state index contributed by atoms with van der Waals surface area (Å²) in [5, 5.41) is 11.3. The normalized spacial score (nSPS) is 11.1. The number of halogens is 2. The summed E-state index contributed by atoms with van der Waals surface area (Å²) in [6.45, 7) is 0. The molecule has 1 amide bonds. The van der Waals surface area contributed by atoms with Gasteiger partial charge in [0, 0.05) is 11.6 Å². The Balaban J connectivity index is 1.48. The van der Waals surface area contributed by atoms with E-state index in [4.69, 9.17) is 14.3 Å². The molecule has 7 nitrogen and oxygen atoms in total. The van der Waals surface area contributed by atoms with Crippen LogP contribution in [0.5, 0.6) is 5.75 Å². The molecular formula is C25H18F2N2O5. The van der Waals surface area contributed by atoms with E-state index in [1.165, 1.54) is 43.5 Å². The molecule has 3 aromatic carbocycles. The van der Waals surface area contributed by atoms with Crippen molar-refractivity contribution >= 4 is 34.7 Å². The number of hydrogen-bond donors (Lipinski definition) is 2. The van der Waals surface area contributed by atoms with E-state index in [0.717, 1.165) is 6.08 Å². The number of methoxy groups -OCH3 is 1. The molecular weight excluding hydrogens is 446 g/mol. The molecule has 0 radical (unpaired) electrons. The van der Waals surface area contributed by atoms with E-state index in [2.05, 4.69) is 10.3 Å². The van der Waals surface area contributed by atoms with E-state index >= 15 is 0 Å². The number of benzene rings is 3. The van der Waals surface area contributed by atoms with Gasteiger partial charge in [0.05, 0.1) is 19.2 Å². The Labute approximate surface area is 192 Å². The van der Waals surface area contributed by atoms with Crippen LogP contribution >= 0.6 is 0 Å². The van der Waals surface area contributed by atoms with E-state index in [-0.39, 0.29) is 23.7 Å². The van der Waals surface area contributed by atoms with Crippen molar-refractivity contribution in [3.05, 3.63) is 83.4 Å². The minimum Gasteiger partial charge on any atom is -0.494 e. The first kappa shape index (κ1) is 22.7. The molecule has 1 heterocycles. The smallest absolute Gasteiger partial charge is 0.307 e. The number of oxazole rings is 1. The van der Waals surface area contributed by atoms with Crippen molar-refractivity contribution in [2.24, 2.45) is 0 Å². The van der Waals surface area contributed by atoms with Gasteiger partial charge in [-0.15, -0.1) is 0 Å². The predicted octanol–water partition coefficient (Wildman–Crippen LogP) is 5.06. The number of anilines is 1. The Morgan fingerprint density at radius 2 is 1.91 bits per heavy atom. The summed E-state index contributed by atoms with van der Waals surface area (Å²) in [5.41, 5.74) is 2.17. The third-order valence-electron chi connectivity index (χ3n) is 4.88. The molecule has 172 valence electrons. The third-order valence-corrected chi connectivity index (χ3v) is 4.88. The fourth-order valence-electron chi connectivity index (χ4n) is 3.26. The highest BCUT2D eigenvalue weighted by molar-refractivity contribution is 6.02. The minimum atomic E-state index is -0.964. The van der Waals surface area contributed by atoms with Crippen molar-refractivity contribution in [1.29, 1.82) is 0 Å². The quantitative estimate of drug-likeness (QED) is 0.371. The van der Waals surface area contributed by atoms with Crippen LogP contribution in [0.3, 0.4) is 0 Å². The Morgan fingerprint density at radius 1 is 1.09 bits per heavy atom. The largest absolute Gasteiger partial charge is 0.494 e. The molecule has 0 fully saturated rings. The lowest BCUT2D eigenvalue weighted by Gasteiger charge is -2.05. The van der Waals surface area contributed by atoms with Crippen molar-refractivity contribution in [1.82, 2.24) is 4.98 Å². The SMILES string of the molecule is COc1ccc(/C=C/C(=O)Nc2ccc(-c3nc4cc(CC(=O)O)ccc4o3)cc2F)cc1F. The molecule has 4 rings (SSSR count). The number of carbonyl (C=O) groups is 2. The van der Waals surface area contributed by atoms with Gasteiger partial charge in [0.2, 0.25) is 11.8 Å². The van der Waals surface area contributed by atoms with Crippen LogP contribution in [0, 0.1) is 11.6 Å². The summed E-state index contributed by atoms with van der Waals surface area (Å²) in [4.78, 5) is 27.4. The van der Waals surface area contributed by atoms with E-state index in [1.807, 2.05) is 0 Å². The number of rotatable bonds is 7. The van der Waals surface area contributed by atoms with Gasteiger partial charge in [-0.2, -0.15) is 0 Å². The highest BCUT2D eigenvalue weighted by Crippen LogP contribution is 2.28. The lowest BCUT2D eigenvalue weighted by Crippen LogP contribution is -2.09. The average Bonchev–Trinajstić information content (AvgIpc) is 3.22. The molecule has 2 N–H and O–H groups in total. The van der Waals surface area contributed by atoms with Gasteiger partial charge in [0.1, 0.15) is 11.3 Å². The second kappa shape index (κ2) is 9.53. The zero-order valence-electron chi connectivity index (χ0n) is 17.8. The van der Waals surface area contributed by atoms with Crippen LogP contribution in [0.1, 0.15) is 11.1 Å². The molecule has 0 saturated heterocycles. The van der Waals surface area contributed by atoms with E-state index in [1.54, 1.807) is 24.3 Å². The number of hydrogen-bond acceptors (Lipinski definition) is 5. The van der Waals surface area contributed by atoms with Gasteiger partial charge >= 0.3 is 5.97 Å². The number of nitrogens with zero attached hydrogens (tertiary/aromatic N) is 1. The van der Waals surface area contributed by atoms with Crippen molar-refractivity contribution in [3.8, 4) is 17.2 Å². The first-order chi connectivity index (χ1) is 16.3. The zero-order valence-corrected chi connectivity index (χ0v) is 17.8. The van der Waals surface area contributed by atoms with Crippen LogP contribution in [0.15, 0.2) is 65.1 Å². The van der Waals surface area contributed by atoms with Crippen molar-refractivity contribution in [2.45, 2.75) is 6.42 Å².